The van der Waals surface area contributed by atoms with Gasteiger partial charge in [-0.2, -0.15) is 0 Å². The zero-order chi connectivity index (χ0) is 26.4. The van der Waals surface area contributed by atoms with Crippen LogP contribution < -0.4 is 15.4 Å². The third kappa shape index (κ3) is 4.39. The predicted molar refractivity (Wildman–Crippen MR) is 154 cm³/mol. The lowest BCUT2D eigenvalue weighted by Crippen LogP contribution is -2.47. The molecule has 3 aromatic rings. The molecule has 2 aromatic heterocycles. The van der Waals surface area contributed by atoms with E-state index >= 15 is 0 Å². The van der Waals surface area contributed by atoms with Crippen molar-refractivity contribution in [3.05, 3.63) is 74.8 Å². The first-order valence-corrected chi connectivity index (χ1v) is 14.2. The number of benzene rings is 1. The van der Waals surface area contributed by atoms with Gasteiger partial charge >= 0.3 is 0 Å². The van der Waals surface area contributed by atoms with Crippen LogP contribution >= 0.6 is 24.0 Å². The molecule has 0 bridgehead atoms. The lowest BCUT2D eigenvalue weighted by molar-refractivity contribution is -0.123. The fourth-order valence-corrected chi connectivity index (χ4v) is 7.01. The zero-order valence-corrected chi connectivity index (χ0v) is 22.7. The quantitative estimate of drug-likeness (QED) is 0.348. The monoisotopic (exact) mass is 549 g/mol. The lowest BCUT2D eigenvalue weighted by Gasteiger charge is -2.37. The van der Waals surface area contributed by atoms with Crippen molar-refractivity contribution in [1.82, 2.24) is 14.3 Å². The van der Waals surface area contributed by atoms with Crippen LogP contribution in [0, 0.1) is 12.7 Å². The van der Waals surface area contributed by atoms with E-state index in [0.717, 1.165) is 31.2 Å². The Hall–Kier alpha value is -3.24. The molecule has 3 fully saturated rings. The van der Waals surface area contributed by atoms with Crippen molar-refractivity contribution in [2.24, 2.45) is 0 Å². The number of rotatable bonds is 4. The average molecular weight is 550 g/mol. The molecule has 38 heavy (non-hydrogen) atoms. The highest BCUT2D eigenvalue weighted by molar-refractivity contribution is 8.26. The van der Waals surface area contributed by atoms with E-state index in [4.69, 9.17) is 17.2 Å². The van der Waals surface area contributed by atoms with Crippen LogP contribution in [0.1, 0.15) is 36.8 Å². The van der Waals surface area contributed by atoms with Crippen molar-refractivity contribution >= 4 is 57.4 Å². The van der Waals surface area contributed by atoms with E-state index in [1.807, 2.05) is 30.0 Å². The number of carbonyl (C=O) groups excluding carboxylic acids is 1. The molecule has 10 heteroatoms. The van der Waals surface area contributed by atoms with Crippen LogP contribution in [-0.2, 0) is 4.79 Å². The average Bonchev–Trinajstić information content (AvgIpc) is 3.54. The third-order valence-electron chi connectivity index (χ3n) is 7.63. The fraction of sp³-hybridized carbons (Fsp3) is 0.357. The highest BCUT2D eigenvalue weighted by atomic mass is 32.2. The second-order valence-corrected chi connectivity index (χ2v) is 11.6. The molecule has 2 saturated heterocycles. The van der Waals surface area contributed by atoms with Gasteiger partial charge in [-0.15, -0.1) is 0 Å². The van der Waals surface area contributed by atoms with Crippen LogP contribution in [0.15, 0.2) is 52.3 Å². The van der Waals surface area contributed by atoms with E-state index in [1.165, 1.54) is 22.2 Å². The molecule has 1 amide bonds. The molecule has 1 saturated carbocycles. The van der Waals surface area contributed by atoms with Gasteiger partial charge in [0.1, 0.15) is 21.6 Å². The Kier molecular flexibility index (Phi) is 6.69. The maximum absolute atomic E-state index is 14.4. The summed E-state index contributed by atoms with van der Waals surface area (Å²) < 4.78 is 16.5. The van der Waals surface area contributed by atoms with Gasteiger partial charge in [-0.1, -0.05) is 55.0 Å². The number of fused-ring (bicyclic) bond motifs is 1. The van der Waals surface area contributed by atoms with E-state index in [9.17, 15) is 14.0 Å². The Morgan fingerprint density at radius 1 is 1.03 bits per heavy atom. The molecule has 6 rings (SSSR count). The maximum Gasteiger partial charge on any atom is 0.267 e. The number of thioether (sulfide) groups is 1. The van der Waals surface area contributed by atoms with E-state index in [2.05, 4.69) is 4.90 Å². The van der Waals surface area contributed by atoms with Gasteiger partial charge in [0, 0.05) is 38.4 Å². The SMILES string of the molecule is Cc1cccn2c(=O)c(/C=C3\SC(=S)N(C4CCCC4)C3=O)c(N3CCN(c4ccccc4F)CC3)nc12. The first-order valence-electron chi connectivity index (χ1n) is 13.0. The van der Waals surface area contributed by atoms with Crippen molar-refractivity contribution in [3.8, 4) is 0 Å². The van der Waals surface area contributed by atoms with Crippen molar-refractivity contribution in [2.45, 2.75) is 38.6 Å². The van der Waals surface area contributed by atoms with E-state index in [0.29, 0.717) is 58.1 Å². The van der Waals surface area contributed by atoms with Crippen molar-refractivity contribution in [2.75, 3.05) is 36.0 Å². The van der Waals surface area contributed by atoms with Gasteiger partial charge in [-0.3, -0.25) is 18.9 Å². The van der Waals surface area contributed by atoms with Gasteiger partial charge in [-0.05, 0) is 49.6 Å². The number of aromatic nitrogens is 2. The molecule has 1 aliphatic carbocycles. The van der Waals surface area contributed by atoms with Crippen molar-refractivity contribution < 1.29 is 9.18 Å². The number of amides is 1. The molecule has 4 heterocycles. The summed E-state index contributed by atoms with van der Waals surface area (Å²) in [6, 6.07) is 10.7. The molecule has 0 atom stereocenters. The first kappa shape index (κ1) is 25.1. The summed E-state index contributed by atoms with van der Waals surface area (Å²) in [5, 5.41) is 0. The normalized spacial score (nSPS) is 19.9. The Labute approximate surface area is 229 Å². The van der Waals surface area contributed by atoms with E-state index in [1.54, 1.807) is 29.3 Å². The summed E-state index contributed by atoms with van der Waals surface area (Å²) in [5.41, 5.74) is 2.19. The Morgan fingerprint density at radius 3 is 2.47 bits per heavy atom. The standard InChI is InChI=1S/C28H28FN5O2S2/c1-18-7-6-12-33-24(18)30-25(32-15-13-31(14-16-32)22-11-5-4-10-21(22)29)20(26(33)35)17-23-27(36)34(28(37)38-23)19-8-2-3-9-19/h4-7,10-12,17,19H,2-3,8-9,13-16H2,1H3/b23-17-. The van der Waals surface area contributed by atoms with Gasteiger partial charge in [-0.25, -0.2) is 9.37 Å². The summed E-state index contributed by atoms with van der Waals surface area (Å²) >= 11 is 6.84. The molecule has 7 nitrogen and oxygen atoms in total. The third-order valence-corrected chi connectivity index (χ3v) is 8.96. The minimum absolute atomic E-state index is 0.129. The highest BCUT2D eigenvalue weighted by Gasteiger charge is 2.38. The second-order valence-electron chi connectivity index (χ2n) is 9.95. The second kappa shape index (κ2) is 10.1. The summed E-state index contributed by atoms with van der Waals surface area (Å²) in [6.07, 6.45) is 7.49. The molecule has 0 spiro atoms. The zero-order valence-electron chi connectivity index (χ0n) is 21.1. The van der Waals surface area contributed by atoms with Crippen molar-refractivity contribution in [1.29, 1.82) is 0 Å². The van der Waals surface area contributed by atoms with Crippen LogP contribution in [0.4, 0.5) is 15.9 Å². The number of anilines is 2. The molecule has 3 aliphatic rings. The van der Waals surface area contributed by atoms with Crippen LogP contribution in [-0.4, -0.2) is 56.7 Å². The van der Waals surface area contributed by atoms with Gasteiger partial charge < -0.3 is 9.80 Å². The number of hydrogen-bond donors (Lipinski definition) is 0. The number of aryl methyl sites for hydroxylation is 1. The number of piperazine rings is 1. The lowest BCUT2D eigenvalue weighted by atomic mass is 10.1. The van der Waals surface area contributed by atoms with Crippen molar-refractivity contribution in [3.63, 3.8) is 0 Å². The molecule has 0 unspecified atom stereocenters. The van der Waals surface area contributed by atoms with Gasteiger partial charge in [0.15, 0.2) is 0 Å². The first-order chi connectivity index (χ1) is 18.4. The van der Waals surface area contributed by atoms with Gasteiger partial charge in [0.05, 0.1) is 16.2 Å². The smallest absolute Gasteiger partial charge is 0.267 e. The van der Waals surface area contributed by atoms with Crippen LogP contribution in [0.3, 0.4) is 0 Å². The molecule has 196 valence electrons. The Bertz CT molecular complexity index is 1520. The number of pyridine rings is 1. The maximum atomic E-state index is 14.4. The van der Waals surface area contributed by atoms with E-state index < -0.39 is 0 Å². The Morgan fingerprint density at radius 2 is 1.74 bits per heavy atom. The van der Waals surface area contributed by atoms with Crippen LogP contribution in [0.2, 0.25) is 0 Å². The molecule has 2 aliphatic heterocycles. The van der Waals surface area contributed by atoms with Gasteiger partial charge in [0.25, 0.3) is 11.5 Å². The minimum Gasteiger partial charge on any atom is -0.366 e. The summed E-state index contributed by atoms with van der Waals surface area (Å²) in [6.45, 7) is 4.21. The number of hydrogen-bond acceptors (Lipinski definition) is 7. The van der Waals surface area contributed by atoms with Crippen LogP contribution in [0.25, 0.3) is 11.7 Å². The minimum atomic E-state index is -0.247. The number of thiocarbonyl (C=S) groups is 1. The summed E-state index contributed by atoms with van der Waals surface area (Å²) in [4.78, 5) is 38.4. The predicted octanol–water partition coefficient (Wildman–Crippen LogP) is 4.61. The number of para-hydroxylation sites is 1. The number of carbonyl (C=O) groups is 1. The molecular weight excluding hydrogens is 521 g/mol. The largest absolute Gasteiger partial charge is 0.366 e. The topological polar surface area (TPSA) is 61.2 Å². The molecule has 0 radical (unpaired) electrons. The summed E-state index contributed by atoms with van der Waals surface area (Å²) in [5.74, 6) is 0.170. The van der Waals surface area contributed by atoms with E-state index in [-0.39, 0.29) is 23.3 Å². The number of halogens is 1. The fourth-order valence-electron chi connectivity index (χ4n) is 5.62. The van der Waals surface area contributed by atoms with Gasteiger partial charge in [0.2, 0.25) is 0 Å². The summed E-state index contributed by atoms with van der Waals surface area (Å²) in [7, 11) is 0. The Balaban J connectivity index is 1.38. The molecule has 1 aromatic carbocycles. The molecule has 0 N–H and O–H groups in total. The number of nitrogens with zero attached hydrogens (tertiary/aromatic N) is 5. The highest BCUT2D eigenvalue weighted by Crippen LogP contribution is 2.38. The van der Waals surface area contributed by atoms with Crippen LogP contribution in [0.5, 0.6) is 0 Å². The molecular formula is C28H28FN5O2S2.